The van der Waals surface area contributed by atoms with E-state index in [0.717, 1.165) is 17.0 Å². The van der Waals surface area contributed by atoms with E-state index >= 15 is 0 Å². The Kier molecular flexibility index (Phi) is 3.59. The van der Waals surface area contributed by atoms with Gasteiger partial charge in [0.25, 0.3) is 0 Å². The first-order chi connectivity index (χ1) is 8.72. The molecule has 0 atom stereocenters. The number of nitrogen functional groups attached to an aromatic ring is 1. The lowest BCUT2D eigenvalue weighted by Crippen LogP contribution is -2.11. The molecule has 0 unspecified atom stereocenters. The number of nitrogens with one attached hydrogen (secondary N) is 2. The minimum Gasteiger partial charge on any atom is -0.495 e. The van der Waals surface area contributed by atoms with Gasteiger partial charge in [-0.2, -0.15) is 4.98 Å². The third-order valence-electron chi connectivity index (χ3n) is 2.40. The molecule has 6 nitrogen and oxygen atoms in total. The SMILES string of the molecule is COc1ccc(C)cc1Nc1ccnc(NN)n1. The number of hydrogen-bond acceptors (Lipinski definition) is 6. The summed E-state index contributed by atoms with van der Waals surface area (Å²) in [7, 11) is 1.63. The van der Waals surface area contributed by atoms with Crippen LogP contribution in [-0.4, -0.2) is 17.1 Å². The van der Waals surface area contributed by atoms with Gasteiger partial charge in [0.2, 0.25) is 5.95 Å². The Morgan fingerprint density at radius 2 is 2.11 bits per heavy atom. The van der Waals surface area contributed by atoms with Gasteiger partial charge in [-0.1, -0.05) is 6.07 Å². The molecule has 0 saturated carbocycles. The molecule has 2 aromatic rings. The predicted octanol–water partition coefficient (Wildman–Crippen LogP) is 1.82. The number of hydrazine groups is 1. The number of anilines is 3. The number of ether oxygens (including phenoxy) is 1. The van der Waals surface area contributed by atoms with Gasteiger partial charge >= 0.3 is 0 Å². The van der Waals surface area contributed by atoms with E-state index in [4.69, 9.17) is 10.6 Å². The summed E-state index contributed by atoms with van der Waals surface area (Å²) >= 11 is 0. The summed E-state index contributed by atoms with van der Waals surface area (Å²) in [6.45, 7) is 2.01. The van der Waals surface area contributed by atoms with Gasteiger partial charge in [-0.3, -0.25) is 5.43 Å². The minimum atomic E-state index is 0.353. The highest BCUT2D eigenvalue weighted by Gasteiger charge is 2.05. The molecule has 0 aliphatic heterocycles. The maximum Gasteiger partial charge on any atom is 0.239 e. The molecule has 1 aromatic carbocycles. The fourth-order valence-electron chi connectivity index (χ4n) is 1.56. The van der Waals surface area contributed by atoms with Gasteiger partial charge in [0.05, 0.1) is 12.8 Å². The van der Waals surface area contributed by atoms with Crippen LogP contribution in [0.1, 0.15) is 5.56 Å². The number of nitrogens with two attached hydrogens (primary N) is 1. The number of methoxy groups -OCH3 is 1. The smallest absolute Gasteiger partial charge is 0.239 e. The third-order valence-corrected chi connectivity index (χ3v) is 2.40. The molecular formula is C12H15N5O. The van der Waals surface area contributed by atoms with E-state index in [-0.39, 0.29) is 0 Å². The quantitative estimate of drug-likeness (QED) is 0.563. The Morgan fingerprint density at radius 3 is 2.83 bits per heavy atom. The van der Waals surface area contributed by atoms with E-state index in [2.05, 4.69) is 20.7 Å². The van der Waals surface area contributed by atoms with Crippen molar-refractivity contribution in [1.82, 2.24) is 9.97 Å². The van der Waals surface area contributed by atoms with Crippen LogP contribution in [-0.2, 0) is 0 Å². The molecule has 6 heteroatoms. The first kappa shape index (κ1) is 12.1. The van der Waals surface area contributed by atoms with Crippen LogP contribution in [0.4, 0.5) is 17.5 Å². The van der Waals surface area contributed by atoms with E-state index < -0.39 is 0 Å². The zero-order chi connectivity index (χ0) is 13.0. The van der Waals surface area contributed by atoms with Crippen molar-refractivity contribution in [2.75, 3.05) is 17.9 Å². The zero-order valence-corrected chi connectivity index (χ0v) is 10.3. The van der Waals surface area contributed by atoms with Crippen LogP contribution in [0.25, 0.3) is 0 Å². The van der Waals surface area contributed by atoms with Crippen LogP contribution in [0, 0.1) is 6.92 Å². The average molecular weight is 245 g/mol. The summed E-state index contributed by atoms with van der Waals surface area (Å²) in [6, 6.07) is 7.62. The largest absolute Gasteiger partial charge is 0.495 e. The van der Waals surface area contributed by atoms with Crippen molar-refractivity contribution in [3.8, 4) is 5.75 Å². The maximum atomic E-state index is 5.28. The second-order valence-corrected chi connectivity index (χ2v) is 3.74. The molecule has 0 aliphatic carbocycles. The Bertz CT molecular complexity index is 544. The lowest BCUT2D eigenvalue weighted by molar-refractivity contribution is 0.416. The summed E-state index contributed by atoms with van der Waals surface area (Å²) < 4.78 is 5.28. The van der Waals surface area contributed by atoms with Gasteiger partial charge < -0.3 is 10.1 Å². The topological polar surface area (TPSA) is 85.1 Å². The molecule has 0 saturated heterocycles. The number of nitrogens with zero attached hydrogens (tertiary/aromatic N) is 2. The van der Waals surface area contributed by atoms with Crippen molar-refractivity contribution in [3.63, 3.8) is 0 Å². The van der Waals surface area contributed by atoms with Crippen molar-refractivity contribution >= 4 is 17.5 Å². The Morgan fingerprint density at radius 1 is 1.28 bits per heavy atom. The monoisotopic (exact) mass is 245 g/mol. The van der Waals surface area contributed by atoms with E-state index in [1.165, 1.54) is 0 Å². The van der Waals surface area contributed by atoms with Gasteiger partial charge in [-0.05, 0) is 30.7 Å². The van der Waals surface area contributed by atoms with Gasteiger partial charge in [0, 0.05) is 6.20 Å². The Balaban J connectivity index is 2.29. The molecule has 0 amide bonds. The van der Waals surface area contributed by atoms with E-state index in [0.29, 0.717) is 11.8 Å². The highest BCUT2D eigenvalue weighted by molar-refractivity contribution is 5.65. The number of rotatable bonds is 4. The molecule has 0 radical (unpaired) electrons. The Hall–Kier alpha value is -2.34. The van der Waals surface area contributed by atoms with Crippen molar-refractivity contribution in [2.45, 2.75) is 6.92 Å². The molecule has 18 heavy (non-hydrogen) atoms. The summed E-state index contributed by atoms with van der Waals surface area (Å²) in [5.74, 6) is 7.01. The lowest BCUT2D eigenvalue weighted by atomic mass is 10.2. The number of benzene rings is 1. The highest BCUT2D eigenvalue weighted by atomic mass is 16.5. The second-order valence-electron chi connectivity index (χ2n) is 3.74. The van der Waals surface area contributed by atoms with Crippen LogP contribution < -0.4 is 21.3 Å². The van der Waals surface area contributed by atoms with Crippen molar-refractivity contribution in [2.24, 2.45) is 5.84 Å². The van der Waals surface area contributed by atoms with Crippen LogP contribution in [0.5, 0.6) is 5.75 Å². The Labute approximate surface area is 105 Å². The zero-order valence-electron chi connectivity index (χ0n) is 10.3. The summed E-state index contributed by atoms with van der Waals surface area (Å²) in [6.07, 6.45) is 1.62. The first-order valence-electron chi connectivity index (χ1n) is 5.44. The molecule has 1 heterocycles. The number of aromatic nitrogens is 2. The van der Waals surface area contributed by atoms with Crippen LogP contribution in [0.2, 0.25) is 0 Å². The van der Waals surface area contributed by atoms with Crippen LogP contribution in [0.3, 0.4) is 0 Å². The minimum absolute atomic E-state index is 0.353. The summed E-state index contributed by atoms with van der Waals surface area (Å²) in [5.41, 5.74) is 4.38. The average Bonchev–Trinajstić information content (AvgIpc) is 2.39. The number of hydrogen-bond donors (Lipinski definition) is 3. The first-order valence-corrected chi connectivity index (χ1v) is 5.44. The third kappa shape index (κ3) is 2.67. The van der Waals surface area contributed by atoms with Gasteiger partial charge in [0.1, 0.15) is 11.6 Å². The second kappa shape index (κ2) is 5.33. The van der Waals surface area contributed by atoms with E-state index in [1.807, 2.05) is 25.1 Å². The fraction of sp³-hybridized carbons (Fsp3) is 0.167. The molecule has 1 aromatic heterocycles. The van der Waals surface area contributed by atoms with Crippen molar-refractivity contribution < 1.29 is 4.74 Å². The molecule has 0 spiro atoms. The molecule has 0 aliphatic rings. The molecular weight excluding hydrogens is 230 g/mol. The highest BCUT2D eigenvalue weighted by Crippen LogP contribution is 2.27. The molecule has 0 fully saturated rings. The lowest BCUT2D eigenvalue weighted by Gasteiger charge is -2.11. The number of aryl methyl sites for hydroxylation is 1. The van der Waals surface area contributed by atoms with Crippen LogP contribution >= 0.6 is 0 Å². The normalized spacial score (nSPS) is 9.94. The molecule has 2 rings (SSSR count). The summed E-state index contributed by atoms with van der Waals surface area (Å²) in [4.78, 5) is 8.12. The van der Waals surface area contributed by atoms with Gasteiger partial charge in [0.15, 0.2) is 0 Å². The standard InChI is InChI=1S/C12H15N5O/c1-8-3-4-10(18-2)9(7-8)15-11-5-6-14-12(16-11)17-13/h3-7H,13H2,1-2H3,(H2,14,15,16,17). The van der Waals surface area contributed by atoms with Gasteiger partial charge in [-0.15, -0.1) is 0 Å². The molecule has 94 valence electrons. The van der Waals surface area contributed by atoms with Crippen LogP contribution in [0.15, 0.2) is 30.5 Å². The van der Waals surface area contributed by atoms with E-state index in [9.17, 15) is 0 Å². The van der Waals surface area contributed by atoms with Crippen molar-refractivity contribution in [1.29, 1.82) is 0 Å². The van der Waals surface area contributed by atoms with E-state index in [1.54, 1.807) is 19.4 Å². The fourth-order valence-corrected chi connectivity index (χ4v) is 1.56. The molecule has 0 bridgehead atoms. The maximum absolute atomic E-state index is 5.28. The molecule has 4 N–H and O–H groups in total. The van der Waals surface area contributed by atoms with Crippen molar-refractivity contribution in [3.05, 3.63) is 36.0 Å². The predicted molar refractivity (Wildman–Crippen MR) is 70.9 cm³/mol. The summed E-state index contributed by atoms with van der Waals surface area (Å²) in [5, 5.41) is 3.17. The van der Waals surface area contributed by atoms with Gasteiger partial charge in [-0.25, -0.2) is 10.8 Å².